The standard InChI is InChI=1S/C16H28N2O5S/c1-24(21,22)18-11-7-6-10-14(18)16(20)23-12-15(19)17-13-8-4-2-3-5-9-13/h13-14H,2-12H2,1H3,(H,17,19)/t14-/m0/s1. The number of sulfonamides is 1. The second kappa shape index (κ2) is 8.80. The van der Waals surface area contributed by atoms with Crippen LogP contribution in [-0.4, -0.2) is 56.1 Å². The molecule has 138 valence electrons. The molecule has 1 amide bonds. The van der Waals surface area contributed by atoms with E-state index in [1.54, 1.807) is 0 Å². The minimum absolute atomic E-state index is 0.154. The Hall–Kier alpha value is -1.15. The molecule has 0 aromatic carbocycles. The zero-order valence-electron chi connectivity index (χ0n) is 14.3. The number of carbonyl (C=O) groups excluding carboxylic acids is 2. The summed E-state index contributed by atoms with van der Waals surface area (Å²) in [5.41, 5.74) is 0. The molecule has 0 bridgehead atoms. The number of hydrogen-bond acceptors (Lipinski definition) is 5. The summed E-state index contributed by atoms with van der Waals surface area (Å²) in [6.45, 7) is -0.0176. The molecular weight excluding hydrogens is 332 g/mol. The Balaban J connectivity index is 1.81. The molecule has 8 heteroatoms. The van der Waals surface area contributed by atoms with Crippen molar-refractivity contribution in [3.8, 4) is 0 Å². The third kappa shape index (κ3) is 5.73. The number of nitrogens with zero attached hydrogens (tertiary/aromatic N) is 1. The van der Waals surface area contributed by atoms with Crippen molar-refractivity contribution in [3.05, 3.63) is 0 Å². The Morgan fingerprint density at radius 3 is 2.29 bits per heavy atom. The molecule has 0 radical (unpaired) electrons. The van der Waals surface area contributed by atoms with Crippen molar-refractivity contribution in [1.82, 2.24) is 9.62 Å². The van der Waals surface area contributed by atoms with Gasteiger partial charge in [0.05, 0.1) is 6.26 Å². The summed E-state index contributed by atoms with van der Waals surface area (Å²) in [6, 6.07) is -0.652. The summed E-state index contributed by atoms with van der Waals surface area (Å²) >= 11 is 0. The molecule has 0 aromatic rings. The number of hydrogen-bond donors (Lipinski definition) is 1. The van der Waals surface area contributed by atoms with Crippen LogP contribution in [0.5, 0.6) is 0 Å². The molecule has 1 saturated heterocycles. The third-order valence-electron chi connectivity index (χ3n) is 4.72. The van der Waals surface area contributed by atoms with Crippen LogP contribution in [0.1, 0.15) is 57.8 Å². The zero-order valence-corrected chi connectivity index (χ0v) is 15.1. The van der Waals surface area contributed by atoms with Gasteiger partial charge in [-0.05, 0) is 32.1 Å². The lowest BCUT2D eigenvalue weighted by molar-refractivity contribution is -0.153. The summed E-state index contributed by atoms with van der Waals surface area (Å²) in [5, 5.41) is 2.91. The first-order valence-corrected chi connectivity index (χ1v) is 10.7. The molecule has 0 unspecified atom stereocenters. The Morgan fingerprint density at radius 2 is 1.67 bits per heavy atom. The number of ether oxygens (including phenoxy) is 1. The molecule has 7 nitrogen and oxygen atoms in total. The van der Waals surface area contributed by atoms with Crippen LogP contribution >= 0.6 is 0 Å². The van der Waals surface area contributed by atoms with E-state index in [0.29, 0.717) is 13.0 Å². The maximum absolute atomic E-state index is 12.2. The van der Waals surface area contributed by atoms with Crippen molar-refractivity contribution in [2.75, 3.05) is 19.4 Å². The van der Waals surface area contributed by atoms with Gasteiger partial charge in [0.1, 0.15) is 6.04 Å². The predicted molar refractivity (Wildman–Crippen MR) is 89.8 cm³/mol. The lowest BCUT2D eigenvalue weighted by Gasteiger charge is -2.31. The fourth-order valence-corrected chi connectivity index (χ4v) is 4.58. The summed E-state index contributed by atoms with van der Waals surface area (Å²) in [5.74, 6) is -0.937. The highest BCUT2D eigenvalue weighted by atomic mass is 32.2. The van der Waals surface area contributed by atoms with E-state index in [2.05, 4.69) is 5.32 Å². The Labute approximate surface area is 144 Å². The van der Waals surface area contributed by atoms with Crippen molar-refractivity contribution >= 4 is 21.9 Å². The van der Waals surface area contributed by atoms with E-state index in [4.69, 9.17) is 4.74 Å². The number of carbonyl (C=O) groups is 2. The largest absolute Gasteiger partial charge is 0.454 e. The molecule has 1 atom stereocenters. The lowest BCUT2D eigenvalue weighted by Crippen LogP contribution is -2.48. The molecule has 1 saturated carbocycles. The van der Waals surface area contributed by atoms with Crippen molar-refractivity contribution in [2.45, 2.75) is 69.9 Å². The summed E-state index contributed by atoms with van der Waals surface area (Å²) in [7, 11) is -3.45. The lowest BCUT2D eigenvalue weighted by atomic mass is 10.1. The Bertz CT molecular complexity index is 541. The first-order valence-electron chi connectivity index (χ1n) is 8.81. The fourth-order valence-electron chi connectivity index (χ4n) is 3.46. The smallest absolute Gasteiger partial charge is 0.324 e. The minimum Gasteiger partial charge on any atom is -0.454 e. The maximum Gasteiger partial charge on any atom is 0.324 e. The average molecular weight is 360 g/mol. The number of nitrogens with one attached hydrogen (secondary N) is 1. The molecule has 1 aliphatic heterocycles. The number of esters is 1. The van der Waals surface area contributed by atoms with Crippen LogP contribution in [0.3, 0.4) is 0 Å². The van der Waals surface area contributed by atoms with Gasteiger partial charge in [-0.25, -0.2) is 8.42 Å². The van der Waals surface area contributed by atoms with Gasteiger partial charge in [0.15, 0.2) is 6.61 Å². The molecular formula is C16H28N2O5S. The van der Waals surface area contributed by atoms with Crippen LogP contribution in [0.15, 0.2) is 0 Å². The predicted octanol–water partition coefficient (Wildman–Crippen LogP) is 1.18. The van der Waals surface area contributed by atoms with Crippen LogP contribution < -0.4 is 5.32 Å². The Morgan fingerprint density at radius 1 is 1.04 bits per heavy atom. The first kappa shape index (κ1) is 19.2. The molecule has 2 rings (SSSR count). The molecule has 24 heavy (non-hydrogen) atoms. The van der Waals surface area contributed by atoms with Gasteiger partial charge >= 0.3 is 5.97 Å². The van der Waals surface area contributed by atoms with Crippen molar-refractivity contribution < 1.29 is 22.7 Å². The molecule has 2 fully saturated rings. The highest BCUT2D eigenvalue weighted by Gasteiger charge is 2.35. The average Bonchev–Trinajstić information content (AvgIpc) is 2.80. The first-order chi connectivity index (χ1) is 11.4. The van der Waals surface area contributed by atoms with Crippen LogP contribution in [0, 0.1) is 0 Å². The van der Waals surface area contributed by atoms with E-state index in [0.717, 1.165) is 44.8 Å². The van der Waals surface area contributed by atoms with E-state index in [9.17, 15) is 18.0 Å². The van der Waals surface area contributed by atoms with Gasteiger partial charge in [0.25, 0.3) is 5.91 Å². The second-order valence-corrected chi connectivity index (χ2v) is 8.68. The van der Waals surface area contributed by atoms with Crippen LogP contribution in [0.4, 0.5) is 0 Å². The highest BCUT2D eigenvalue weighted by Crippen LogP contribution is 2.21. The van der Waals surface area contributed by atoms with Gasteiger partial charge in [-0.15, -0.1) is 0 Å². The monoisotopic (exact) mass is 360 g/mol. The summed E-state index contributed by atoms with van der Waals surface area (Å²) < 4.78 is 29.8. The molecule has 1 aliphatic carbocycles. The van der Waals surface area contributed by atoms with E-state index >= 15 is 0 Å². The van der Waals surface area contributed by atoms with Crippen LogP contribution in [-0.2, 0) is 24.3 Å². The van der Waals surface area contributed by atoms with Crippen LogP contribution in [0.2, 0.25) is 0 Å². The topological polar surface area (TPSA) is 92.8 Å². The summed E-state index contributed by atoms with van der Waals surface area (Å²) in [6.07, 6.45) is 9.59. The van der Waals surface area contributed by atoms with E-state index in [1.165, 1.54) is 17.1 Å². The van der Waals surface area contributed by atoms with Crippen molar-refractivity contribution in [2.24, 2.45) is 0 Å². The normalized spacial score (nSPS) is 24.1. The molecule has 1 heterocycles. The molecule has 0 spiro atoms. The Kier molecular flexibility index (Phi) is 7.03. The molecule has 0 aromatic heterocycles. The number of piperidine rings is 1. The quantitative estimate of drug-likeness (QED) is 0.587. The highest BCUT2D eigenvalue weighted by molar-refractivity contribution is 7.88. The fraction of sp³-hybridized carbons (Fsp3) is 0.875. The zero-order chi connectivity index (χ0) is 17.6. The summed E-state index contributed by atoms with van der Waals surface area (Å²) in [4.78, 5) is 24.2. The number of amides is 1. The van der Waals surface area contributed by atoms with Crippen molar-refractivity contribution in [1.29, 1.82) is 0 Å². The molecule has 1 N–H and O–H groups in total. The van der Waals surface area contributed by atoms with Gasteiger partial charge in [-0.3, -0.25) is 9.59 Å². The van der Waals surface area contributed by atoms with E-state index < -0.39 is 22.0 Å². The number of rotatable bonds is 5. The van der Waals surface area contributed by atoms with Crippen molar-refractivity contribution in [3.63, 3.8) is 0 Å². The van der Waals surface area contributed by atoms with Gasteiger partial charge in [0, 0.05) is 12.6 Å². The minimum atomic E-state index is -3.45. The SMILES string of the molecule is CS(=O)(=O)N1CCCC[C@H]1C(=O)OCC(=O)NC1CCCCCC1. The maximum atomic E-state index is 12.2. The van der Waals surface area contributed by atoms with Gasteiger partial charge in [0.2, 0.25) is 10.0 Å². The molecule has 2 aliphatic rings. The third-order valence-corrected chi connectivity index (χ3v) is 6.01. The van der Waals surface area contributed by atoms with E-state index in [-0.39, 0.29) is 18.6 Å². The van der Waals surface area contributed by atoms with Gasteiger partial charge in [-0.2, -0.15) is 4.31 Å². The van der Waals surface area contributed by atoms with Gasteiger partial charge in [-0.1, -0.05) is 25.7 Å². The van der Waals surface area contributed by atoms with Gasteiger partial charge < -0.3 is 10.1 Å². The van der Waals surface area contributed by atoms with E-state index in [1.807, 2.05) is 0 Å². The van der Waals surface area contributed by atoms with Crippen LogP contribution in [0.25, 0.3) is 0 Å². The second-order valence-electron chi connectivity index (χ2n) is 6.75.